The maximum atomic E-state index is 11.8. The van der Waals surface area contributed by atoms with Crippen molar-refractivity contribution in [2.24, 2.45) is 0 Å². The normalized spacial score (nSPS) is 12.3. The zero-order valence-electron chi connectivity index (χ0n) is 20.0. The molecule has 2 aromatic carbocycles. The van der Waals surface area contributed by atoms with Gasteiger partial charge in [-0.1, -0.05) is 31.2 Å². The molecule has 1 amide bonds. The van der Waals surface area contributed by atoms with E-state index in [1.54, 1.807) is 0 Å². The molecular formula is C26H37NO4S. The second-order valence-electron chi connectivity index (χ2n) is 8.51. The van der Waals surface area contributed by atoms with Crippen LogP contribution in [0.5, 0.6) is 5.75 Å². The number of anilines is 1. The number of carbonyl (C=O) groups excluding carboxylic acids is 1. The number of thioether (sulfide) groups is 1. The highest BCUT2D eigenvalue weighted by molar-refractivity contribution is 7.99. The van der Waals surface area contributed by atoms with Crippen LogP contribution in [0, 0.1) is 0 Å². The minimum absolute atomic E-state index is 0.254. The van der Waals surface area contributed by atoms with Gasteiger partial charge in [0.2, 0.25) is 0 Å². The highest BCUT2D eigenvalue weighted by Crippen LogP contribution is 2.17. The number of carbonyl (C=O) groups is 1. The van der Waals surface area contributed by atoms with Crippen molar-refractivity contribution in [3.05, 3.63) is 59.7 Å². The second kappa shape index (κ2) is 13.4. The second-order valence-corrected chi connectivity index (χ2v) is 9.83. The molecule has 5 nitrogen and oxygen atoms in total. The Morgan fingerprint density at radius 1 is 1.00 bits per heavy atom. The van der Waals surface area contributed by atoms with Gasteiger partial charge in [0, 0.05) is 24.5 Å². The van der Waals surface area contributed by atoms with E-state index < -0.39 is 11.7 Å². The molecule has 0 aromatic heterocycles. The molecule has 1 atom stereocenters. The Morgan fingerprint density at radius 2 is 1.66 bits per heavy atom. The van der Waals surface area contributed by atoms with E-state index in [0.717, 1.165) is 42.3 Å². The summed E-state index contributed by atoms with van der Waals surface area (Å²) in [6, 6.07) is 16.0. The van der Waals surface area contributed by atoms with Crippen molar-refractivity contribution < 1.29 is 19.0 Å². The number of amides is 1. The highest BCUT2D eigenvalue weighted by atomic mass is 32.2. The SMILES string of the molecule is CCOC(CSCC)Cc1ccc(OCCc2ccc(NC(=O)OC(C)(C)C)cc2)cc1. The summed E-state index contributed by atoms with van der Waals surface area (Å²) in [6.45, 7) is 11.1. The minimum atomic E-state index is -0.515. The lowest BCUT2D eigenvalue weighted by molar-refractivity contribution is 0.0636. The van der Waals surface area contributed by atoms with Gasteiger partial charge in [0.15, 0.2) is 0 Å². The highest BCUT2D eigenvalue weighted by Gasteiger charge is 2.16. The Labute approximate surface area is 197 Å². The molecule has 0 spiro atoms. The van der Waals surface area contributed by atoms with E-state index in [9.17, 15) is 4.79 Å². The maximum absolute atomic E-state index is 11.8. The number of nitrogens with one attached hydrogen (secondary N) is 1. The van der Waals surface area contributed by atoms with Crippen molar-refractivity contribution in [2.45, 2.75) is 59.2 Å². The summed E-state index contributed by atoms with van der Waals surface area (Å²) >= 11 is 1.92. The van der Waals surface area contributed by atoms with Crippen LogP contribution >= 0.6 is 11.8 Å². The van der Waals surface area contributed by atoms with E-state index in [1.807, 2.05) is 75.9 Å². The summed E-state index contributed by atoms with van der Waals surface area (Å²) in [5, 5.41) is 2.74. The molecule has 0 saturated carbocycles. The monoisotopic (exact) mass is 459 g/mol. The van der Waals surface area contributed by atoms with Crippen molar-refractivity contribution in [1.29, 1.82) is 0 Å². The van der Waals surface area contributed by atoms with Gasteiger partial charge in [0.25, 0.3) is 0 Å². The van der Waals surface area contributed by atoms with Gasteiger partial charge in [-0.15, -0.1) is 0 Å². The van der Waals surface area contributed by atoms with Crippen LogP contribution < -0.4 is 10.1 Å². The van der Waals surface area contributed by atoms with Crippen LogP contribution in [0.1, 0.15) is 45.7 Å². The van der Waals surface area contributed by atoms with Crippen molar-refractivity contribution >= 4 is 23.5 Å². The first-order valence-electron chi connectivity index (χ1n) is 11.3. The third-order valence-corrected chi connectivity index (χ3v) is 5.57. The van der Waals surface area contributed by atoms with E-state index in [4.69, 9.17) is 14.2 Å². The Kier molecular flexibility index (Phi) is 10.9. The van der Waals surface area contributed by atoms with Crippen LogP contribution in [-0.4, -0.2) is 42.5 Å². The van der Waals surface area contributed by atoms with Gasteiger partial charge in [-0.25, -0.2) is 4.79 Å². The first kappa shape index (κ1) is 26.1. The molecule has 0 aliphatic heterocycles. The van der Waals surface area contributed by atoms with E-state index in [-0.39, 0.29) is 6.10 Å². The first-order chi connectivity index (χ1) is 15.3. The van der Waals surface area contributed by atoms with Gasteiger partial charge in [0.1, 0.15) is 11.4 Å². The fourth-order valence-electron chi connectivity index (χ4n) is 3.10. The number of ether oxygens (including phenoxy) is 3. The van der Waals surface area contributed by atoms with Crippen molar-refractivity contribution in [3.8, 4) is 5.75 Å². The van der Waals surface area contributed by atoms with E-state index in [2.05, 4.69) is 24.4 Å². The largest absolute Gasteiger partial charge is 0.493 e. The standard InChI is InChI=1S/C26H37NO4S/c1-6-29-24(19-32-7-2)18-21-10-14-23(15-11-21)30-17-16-20-8-12-22(13-9-20)27-25(28)31-26(3,4)5/h8-15,24H,6-7,16-19H2,1-5H3,(H,27,28). The molecule has 0 saturated heterocycles. The summed E-state index contributed by atoms with van der Waals surface area (Å²) < 4.78 is 17.0. The number of benzene rings is 2. The average molecular weight is 460 g/mol. The van der Waals surface area contributed by atoms with Crippen LogP contribution in [0.15, 0.2) is 48.5 Å². The Bertz CT molecular complexity index is 800. The summed E-state index contributed by atoms with van der Waals surface area (Å²) in [6.07, 6.45) is 1.51. The van der Waals surface area contributed by atoms with Crippen molar-refractivity contribution in [3.63, 3.8) is 0 Å². The fraction of sp³-hybridized carbons (Fsp3) is 0.500. The van der Waals surface area contributed by atoms with Gasteiger partial charge in [-0.05, 0) is 75.3 Å². The van der Waals surface area contributed by atoms with Crippen LogP contribution in [0.4, 0.5) is 10.5 Å². The van der Waals surface area contributed by atoms with Crippen LogP contribution in [0.25, 0.3) is 0 Å². The smallest absolute Gasteiger partial charge is 0.412 e. The topological polar surface area (TPSA) is 56.8 Å². The molecule has 0 radical (unpaired) electrons. The lowest BCUT2D eigenvalue weighted by Crippen LogP contribution is -2.27. The first-order valence-corrected chi connectivity index (χ1v) is 12.4. The Balaban J connectivity index is 1.76. The molecule has 1 N–H and O–H groups in total. The molecule has 2 aromatic rings. The Hall–Kier alpha value is -2.18. The van der Waals surface area contributed by atoms with Gasteiger partial charge < -0.3 is 14.2 Å². The minimum Gasteiger partial charge on any atom is -0.493 e. The predicted octanol–water partition coefficient (Wildman–Crippen LogP) is 6.36. The Morgan fingerprint density at radius 3 is 2.25 bits per heavy atom. The summed E-state index contributed by atoms with van der Waals surface area (Å²) in [5.74, 6) is 3.00. The molecule has 0 aliphatic carbocycles. The van der Waals surface area contributed by atoms with Gasteiger partial charge in [0.05, 0.1) is 12.7 Å². The average Bonchev–Trinajstić information content (AvgIpc) is 2.73. The summed E-state index contributed by atoms with van der Waals surface area (Å²) in [5.41, 5.74) is 2.60. The summed E-state index contributed by atoms with van der Waals surface area (Å²) in [4.78, 5) is 11.8. The lowest BCUT2D eigenvalue weighted by atomic mass is 10.1. The summed E-state index contributed by atoms with van der Waals surface area (Å²) in [7, 11) is 0. The molecule has 0 bridgehead atoms. The number of hydrogen-bond donors (Lipinski definition) is 1. The van der Waals surface area contributed by atoms with E-state index in [1.165, 1.54) is 5.56 Å². The molecule has 0 heterocycles. The van der Waals surface area contributed by atoms with Gasteiger partial charge in [-0.3, -0.25) is 5.32 Å². The third kappa shape index (κ3) is 10.4. The van der Waals surface area contributed by atoms with Crippen molar-refractivity contribution in [1.82, 2.24) is 0 Å². The molecule has 0 fully saturated rings. The van der Waals surface area contributed by atoms with Gasteiger partial charge >= 0.3 is 6.09 Å². The molecule has 2 rings (SSSR count). The van der Waals surface area contributed by atoms with E-state index in [0.29, 0.717) is 12.3 Å². The molecular weight excluding hydrogens is 422 g/mol. The predicted molar refractivity (Wildman–Crippen MR) is 134 cm³/mol. The fourth-order valence-corrected chi connectivity index (χ4v) is 3.81. The zero-order chi connectivity index (χ0) is 23.4. The van der Waals surface area contributed by atoms with Crippen LogP contribution in [0.2, 0.25) is 0 Å². The number of hydrogen-bond acceptors (Lipinski definition) is 5. The van der Waals surface area contributed by atoms with Crippen LogP contribution in [0.3, 0.4) is 0 Å². The molecule has 176 valence electrons. The van der Waals surface area contributed by atoms with E-state index >= 15 is 0 Å². The maximum Gasteiger partial charge on any atom is 0.412 e. The number of rotatable bonds is 12. The third-order valence-electron chi connectivity index (χ3n) is 4.56. The van der Waals surface area contributed by atoms with Crippen LogP contribution in [-0.2, 0) is 22.3 Å². The molecule has 1 unspecified atom stereocenters. The zero-order valence-corrected chi connectivity index (χ0v) is 20.8. The van der Waals surface area contributed by atoms with Gasteiger partial charge in [-0.2, -0.15) is 11.8 Å². The quantitative estimate of drug-likeness (QED) is 0.400. The molecule has 6 heteroatoms. The molecule has 32 heavy (non-hydrogen) atoms. The lowest BCUT2D eigenvalue weighted by Gasteiger charge is -2.19. The molecule has 0 aliphatic rings. The van der Waals surface area contributed by atoms with Crippen molar-refractivity contribution in [2.75, 3.05) is 30.0 Å².